The average Bonchev–Trinajstić information content (AvgIpc) is 2.69. The van der Waals surface area contributed by atoms with Gasteiger partial charge in [0, 0.05) is 16.3 Å². The van der Waals surface area contributed by atoms with Crippen LogP contribution in [0.3, 0.4) is 0 Å². The van der Waals surface area contributed by atoms with Crippen LogP contribution in [0.4, 0.5) is 0 Å². The number of fused-ring (bicyclic) bond motifs is 3. The first-order chi connectivity index (χ1) is 8.09. The van der Waals surface area contributed by atoms with Crippen LogP contribution in [0.1, 0.15) is 5.56 Å². The Morgan fingerprint density at radius 1 is 1.12 bits per heavy atom. The van der Waals surface area contributed by atoms with Crippen LogP contribution in [-0.4, -0.2) is 5.11 Å². The van der Waals surface area contributed by atoms with E-state index >= 15 is 0 Å². The predicted molar refractivity (Wildman–Crippen MR) is 77.8 cm³/mol. The summed E-state index contributed by atoms with van der Waals surface area (Å²) >= 11 is 8.24. The zero-order chi connectivity index (χ0) is 12.2. The lowest BCUT2D eigenvalue weighted by Gasteiger charge is -1.97. The van der Waals surface area contributed by atoms with E-state index in [9.17, 15) is 5.11 Å². The maximum absolute atomic E-state index is 9.68. The van der Waals surface area contributed by atoms with Gasteiger partial charge in [-0.2, -0.15) is 0 Å². The molecule has 0 aliphatic rings. The molecule has 0 fully saturated rings. The van der Waals surface area contributed by atoms with Crippen molar-refractivity contribution in [2.45, 2.75) is 6.92 Å². The van der Waals surface area contributed by atoms with Gasteiger partial charge in [0.2, 0.25) is 0 Å². The molecule has 4 heteroatoms. The number of benzene rings is 2. The first-order valence-electron chi connectivity index (χ1n) is 5.08. The van der Waals surface area contributed by atoms with Crippen molar-refractivity contribution in [1.29, 1.82) is 0 Å². The predicted octanol–water partition coefficient (Wildman–Crippen LogP) is 4.86. The van der Waals surface area contributed by atoms with Crippen molar-refractivity contribution in [1.82, 2.24) is 0 Å². The Bertz CT molecular complexity index is 684. The first kappa shape index (κ1) is 11.2. The lowest BCUT2D eigenvalue weighted by molar-refractivity contribution is 0.470. The average molecular weight is 359 g/mol. The van der Waals surface area contributed by atoms with E-state index in [4.69, 9.17) is 16.0 Å². The molecule has 2 nitrogen and oxygen atoms in total. The van der Waals surface area contributed by atoms with E-state index < -0.39 is 0 Å². The maximum Gasteiger partial charge on any atom is 0.150 e. The van der Waals surface area contributed by atoms with Gasteiger partial charge in [-0.15, -0.1) is 0 Å². The molecule has 0 spiro atoms. The highest BCUT2D eigenvalue weighted by Crippen LogP contribution is 2.38. The molecule has 0 radical (unpaired) electrons. The topological polar surface area (TPSA) is 33.4 Å². The monoisotopic (exact) mass is 358 g/mol. The summed E-state index contributed by atoms with van der Waals surface area (Å²) in [6.45, 7) is 1.84. The van der Waals surface area contributed by atoms with Gasteiger partial charge in [0.1, 0.15) is 16.9 Å². The molecule has 0 saturated carbocycles. The second-order valence-electron chi connectivity index (χ2n) is 3.93. The lowest BCUT2D eigenvalue weighted by Crippen LogP contribution is -1.75. The Kier molecular flexibility index (Phi) is 2.48. The SMILES string of the molecule is Cc1c(O)ccc2c1oc1c(I)c(Cl)ccc12. The standard InChI is InChI=1S/C13H8ClIO2/c1-6-10(16)5-3-7-8-2-4-9(14)11(15)13(8)17-12(6)7/h2-5,16H,1H3. The van der Waals surface area contributed by atoms with Crippen molar-refractivity contribution in [3.8, 4) is 5.75 Å². The minimum atomic E-state index is 0.248. The number of furan rings is 1. The fourth-order valence-corrected chi connectivity index (χ4v) is 2.70. The second-order valence-corrected chi connectivity index (χ2v) is 5.41. The molecule has 0 saturated heterocycles. The normalized spacial score (nSPS) is 11.5. The van der Waals surface area contributed by atoms with Gasteiger partial charge in [0.25, 0.3) is 0 Å². The molecular formula is C13H8ClIO2. The number of hydrogen-bond acceptors (Lipinski definition) is 2. The van der Waals surface area contributed by atoms with Crippen molar-refractivity contribution in [2.75, 3.05) is 0 Å². The summed E-state index contributed by atoms with van der Waals surface area (Å²) in [6, 6.07) is 7.37. The molecule has 0 bridgehead atoms. The van der Waals surface area contributed by atoms with Crippen molar-refractivity contribution in [3.05, 3.63) is 38.4 Å². The minimum Gasteiger partial charge on any atom is -0.508 e. The number of halogens is 2. The van der Waals surface area contributed by atoms with Gasteiger partial charge >= 0.3 is 0 Å². The highest BCUT2D eigenvalue weighted by molar-refractivity contribution is 14.1. The Morgan fingerprint density at radius 3 is 2.53 bits per heavy atom. The van der Waals surface area contributed by atoms with E-state index in [2.05, 4.69) is 22.6 Å². The molecule has 0 amide bonds. The van der Waals surface area contributed by atoms with Crippen LogP contribution < -0.4 is 0 Å². The Labute approximate surface area is 116 Å². The van der Waals surface area contributed by atoms with Gasteiger partial charge < -0.3 is 9.52 Å². The molecule has 2 aromatic carbocycles. The van der Waals surface area contributed by atoms with Crippen LogP contribution in [0.5, 0.6) is 5.75 Å². The van der Waals surface area contributed by atoms with Crippen LogP contribution in [0.25, 0.3) is 21.9 Å². The molecule has 17 heavy (non-hydrogen) atoms. The summed E-state index contributed by atoms with van der Waals surface area (Å²) < 4.78 is 6.72. The molecule has 0 aliphatic carbocycles. The summed E-state index contributed by atoms with van der Waals surface area (Å²) in [7, 11) is 0. The third-order valence-electron chi connectivity index (χ3n) is 2.92. The van der Waals surface area contributed by atoms with Crippen LogP contribution in [-0.2, 0) is 0 Å². The number of aryl methyl sites for hydroxylation is 1. The van der Waals surface area contributed by atoms with Crippen molar-refractivity contribution in [3.63, 3.8) is 0 Å². The van der Waals surface area contributed by atoms with Crippen LogP contribution in [0.15, 0.2) is 28.7 Å². The first-order valence-corrected chi connectivity index (χ1v) is 6.54. The number of rotatable bonds is 0. The van der Waals surface area contributed by atoms with Crippen molar-refractivity contribution >= 4 is 56.1 Å². The molecule has 3 rings (SSSR count). The van der Waals surface area contributed by atoms with E-state index in [-0.39, 0.29) is 5.75 Å². The highest BCUT2D eigenvalue weighted by Gasteiger charge is 2.14. The quantitative estimate of drug-likeness (QED) is 0.582. The van der Waals surface area contributed by atoms with E-state index in [0.717, 1.165) is 31.1 Å². The smallest absolute Gasteiger partial charge is 0.150 e. The largest absolute Gasteiger partial charge is 0.508 e. The molecular weight excluding hydrogens is 350 g/mol. The third-order valence-corrected chi connectivity index (χ3v) is 4.63. The van der Waals surface area contributed by atoms with Crippen LogP contribution in [0, 0.1) is 10.5 Å². The van der Waals surface area contributed by atoms with Gasteiger partial charge in [-0.3, -0.25) is 0 Å². The number of phenols is 1. The number of aromatic hydroxyl groups is 1. The summed E-state index contributed by atoms with van der Waals surface area (Å²) in [5, 5.41) is 12.4. The van der Waals surface area contributed by atoms with Gasteiger partial charge in [-0.05, 0) is 53.8 Å². The van der Waals surface area contributed by atoms with Crippen molar-refractivity contribution in [2.24, 2.45) is 0 Å². The summed E-state index contributed by atoms with van der Waals surface area (Å²) in [5.74, 6) is 0.248. The van der Waals surface area contributed by atoms with Gasteiger partial charge in [0.15, 0.2) is 0 Å². The molecule has 0 aliphatic heterocycles. The fraction of sp³-hybridized carbons (Fsp3) is 0.0769. The second kappa shape index (κ2) is 3.78. The molecule has 0 unspecified atom stereocenters. The summed E-state index contributed by atoms with van der Waals surface area (Å²) in [6.07, 6.45) is 0. The van der Waals surface area contributed by atoms with E-state index in [1.165, 1.54) is 0 Å². The van der Waals surface area contributed by atoms with Crippen LogP contribution >= 0.6 is 34.2 Å². The number of hydrogen-bond donors (Lipinski definition) is 1. The van der Waals surface area contributed by atoms with E-state index in [1.54, 1.807) is 6.07 Å². The minimum absolute atomic E-state index is 0.248. The van der Waals surface area contributed by atoms with Crippen LogP contribution in [0.2, 0.25) is 5.02 Å². The fourth-order valence-electron chi connectivity index (χ4n) is 1.97. The lowest BCUT2D eigenvalue weighted by atomic mass is 10.1. The summed E-state index contributed by atoms with van der Waals surface area (Å²) in [5.41, 5.74) is 2.26. The Balaban J connectivity index is 2.58. The zero-order valence-corrected chi connectivity index (χ0v) is 11.8. The Morgan fingerprint density at radius 2 is 1.76 bits per heavy atom. The van der Waals surface area contributed by atoms with Gasteiger partial charge in [0.05, 0.1) is 8.59 Å². The maximum atomic E-state index is 9.68. The molecule has 1 N–H and O–H groups in total. The molecule has 86 valence electrons. The van der Waals surface area contributed by atoms with Crippen molar-refractivity contribution < 1.29 is 9.52 Å². The van der Waals surface area contributed by atoms with Gasteiger partial charge in [-0.25, -0.2) is 0 Å². The third kappa shape index (κ3) is 1.52. The molecule has 0 atom stereocenters. The Hall–Kier alpha value is -0.940. The highest BCUT2D eigenvalue weighted by atomic mass is 127. The number of phenolic OH excluding ortho intramolecular Hbond substituents is 1. The van der Waals surface area contributed by atoms with Gasteiger partial charge in [-0.1, -0.05) is 11.6 Å². The van der Waals surface area contributed by atoms with E-state index in [1.807, 2.05) is 25.1 Å². The molecule has 1 heterocycles. The summed E-state index contributed by atoms with van der Waals surface area (Å²) in [4.78, 5) is 0. The van der Waals surface area contributed by atoms with E-state index in [0.29, 0.717) is 5.02 Å². The zero-order valence-electron chi connectivity index (χ0n) is 8.92. The molecule has 1 aromatic heterocycles. The molecule has 3 aromatic rings.